The van der Waals surface area contributed by atoms with Crippen LogP contribution in [0.3, 0.4) is 0 Å². The van der Waals surface area contributed by atoms with Crippen molar-refractivity contribution in [1.82, 2.24) is 0 Å². The van der Waals surface area contributed by atoms with Crippen molar-refractivity contribution in [3.05, 3.63) is 53.9 Å². The number of hydrogen-bond donors (Lipinski definition) is 0. The van der Waals surface area contributed by atoms with Crippen LogP contribution < -0.4 is 4.74 Å². The summed E-state index contributed by atoms with van der Waals surface area (Å²) >= 11 is 0. The van der Waals surface area contributed by atoms with Crippen molar-refractivity contribution >= 4 is 16.7 Å². The van der Waals surface area contributed by atoms with Crippen molar-refractivity contribution in [2.45, 2.75) is 51.6 Å². The van der Waals surface area contributed by atoms with Crippen molar-refractivity contribution in [2.75, 3.05) is 0 Å². The van der Waals surface area contributed by atoms with Gasteiger partial charge in [-0.05, 0) is 81.0 Å². The van der Waals surface area contributed by atoms with Gasteiger partial charge in [-0.2, -0.15) is 13.2 Å². The van der Waals surface area contributed by atoms with Crippen molar-refractivity contribution in [1.29, 1.82) is 0 Å². The van der Waals surface area contributed by atoms with E-state index in [0.29, 0.717) is 12.0 Å². The normalized spacial score (nSPS) is 20.3. The second-order valence-corrected chi connectivity index (χ2v) is 7.59. The molecule has 3 rings (SSSR count). The zero-order chi connectivity index (χ0) is 21.0. The van der Waals surface area contributed by atoms with E-state index in [9.17, 15) is 22.4 Å². The molecule has 2 nitrogen and oxygen atoms in total. The topological polar surface area (TPSA) is 26.3 Å². The molecular weight excluding hydrogens is 384 g/mol. The van der Waals surface area contributed by atoms with Crippen LogP contribution in [0.4, 0.5) is 17.6 Å². The lowest BCUT2D eigenvalue weighted by atomic mass is 9.80. The molecular formula is C23H24F4O2. The third-order valence-corrected chi connectivity index (χ3v) is 5.61. The molecule has 2 aromatic rings. The highest BCUT2D eigenvalue weighted by atomic mass is 19.4. The Morgan fingerprint density at radius 2 is 1.86 bits per heavy atom. The highest BCUT2D eigenvalue weighted by Gasteiger charge is 2.34. The smallest absolute Gasteiger partial charge is 0.419 e. The van der Waals surface area contributed by atoms with E-state index in [1.165, 1.54) is 24.3 Å². The summed E-state index contributed by atoms with van der Waals surface area (Å²) in [5.41, 5.74) is -1.30. The Balaban J connectivity index is 1.64. The monoisotopic (exact) mass is 408 g/mol. The van der Waals surface area contributed by atoms with E-state index < -0.39 is 17.6 Å². The molecule has 1 aliphatic rings. The maximum atomic E-state index is 14.2. The first-order valence-electron chi connectivity index (χ1n) is 9.92. The number of carbonyl (C=O) groups is 1. The van der Waals surface area contributed by atoms with Gasteiger partial charge < -0.3 is 4.74 Å². The van der Waals surface area contributed by atoms with Gasteiger partial charge in [0.05, 0.1) is 11.5 Å². The number of ether oxygens (including phenoxy) is 1. The Kier molecular flexibility index (Phi) is 6.60. The number of fused-ring (bicyclic) bond motifs is 1. The second-order valence-electron chi connectivity index (χ2n) is 7.59. The molecule has 0 N–H and O–H groups in total. The van der Waals surface area contributed by atoms with Gasteiger partial charge in [0, 0.05) is 5.39 Å². The number of halogens is 4. The van der Waals surface area contributed by atoms with E-state index in [1.54, 1.807) is 0 Å². The number of esters is 1. The van der Waals surface area contributed by atoms with Gasteiger partial charge in [0.15, 0.2) is 0 Å². The Labute approximate surface area is 167 Å². The summed E-state index contributed by atoms with van der Waals surface area (Å²) in [5.74, 6) is -0.973. The highest BCUT2D eigenvalue weighted by Crippen LogP contribution is 2.36. The molecule has 29 heavy (non-hydrogen) atoms. The quantitative estimate of drug-likeness (QED) is 0.229. The third kappa shape index (κ3) is 5.17. The van der Waals surface area contributed by atoms with Gasteiger partial charge in [0.1, 0.15) is 11.6 Å². The van der Waals surface area contributed by atoms with Gasteiger partial charge in [0.25, 0.3) is 0 Å². The molecule has 1 saturated carbocycles. The van der Waals surface area contributed by atoms with E-state index in [-0.39, 0.29) is 28.4 Å². The number of rotatable bonds is 5. The molecule has 1 fully saturated rings. The number of hydrogen-bond acceptors (Lipinski definition) is 2. The average Bonchev–Trinajstić information content (AvgIpc) is 2.68. The average molecular weight is 408 g/mol. The fraction of sp³-hybridized carbons (Fsp3) is 0.435. The van der Waals surface area contributed by atoms with Gasteiger partial charge >= 0.3 is 12.1 Å². The molecule has 0 amide bonds. The molecule has 0 spiro atoms. The summed E-state index contributed by atoms with van der Waals surface area (Å²) in [6.45, 7) is 2.00. The Hall–Kier alpha value is -2.37. The molecule has 156 valence electrons. The van der Waals surface area contributed by atoms with Gasteiger partial charge in [0.2, 0.25) is 0 Å². The van der Waals surface area contributed by atoms with E-state index in [1.807, 2.05) is 13.0 Å². The van der Waals surface area contributed by atoms with E-state index in [0.717, 1.165) is 38.5 Å². The first-order chi connectivity index (χ1) is 13.8. The molecule has 1 aliphatic carbocycles. The van der Waals surface area contributed by atoms with Crippen molar-refractivity contribution in [3.8, 4) is 5.75 Å². The second kappa shape index (κ2) is 8.97. The van der Waals surface area contributed by atoms with Gasteiger partial charge in [-0.3, -0.25) is 4.79 Å². The standard InChI is InChI=1S/C23H24F4O2/c1-2-3-4-5-15-6-8-16(9-7-15)22(28)29-18-11-12-19-17(14-18)10-13-20(21(19)24)23(25,26)27/h2-3,10-16H,4-9H2,1H3/b3-2+. The zero-order valence-corrected chi connectivity index (χ0v) is 16.3. The maximum absolute atomic E-state index is 14.2. The molecule has 0 atom stereocenters. The lowest BCUT2D eigenvalue weighted by molar-refractivity contribution is -0.140. The van der Waals surface area contributed by atoms with Crippen LogP contribution >= 0.6 is 0 Å². The molecule has 0 unspecified atom stereocenters. The van der Waals surface area contributed by atoms with Crippen LogP contribution in [0.5, 0.6) is 5.75 Å². The minimum absolute atomic E-state index is 0.152. The van der Waals surface area contributed by atoms with Crippen LogP contribution in [0.2, 0.25) is 0 Å². The molecule has 0 aliphatic heterocycles. The molecule has 2 aromatic carbocycles. The van der Waals surface area contributed by atoms with Crippen molar-refractivity contribution in [3.63, 3.8) is 0 Å². The van der Waals surface area contributed by atoms with Gasteiger partial charge in [-0.25, -0.2) is 4.39 Å². The van der Waals surface area contributed by atoms with E-state index in [4.69, 9.17) is 4.74 Å². The van der Waals surface area contributed by atoms with E-state index >= 15 is 0 Å². The predicted molar refractivity (Wildman–Crippen MR) is 104 cm³/mol. The Morgan fingerprint density at radius 1 is 1.14 bits per heavy atom. The number of allylic oxidation sites excluding steroid dienone is 2. The van der Waals surface area contributed by atoms with E-state index in [2.05, 4.69) is 6.08 Å². The van der Waals surface area contributed by atoms with Crippen LogP contribution in [0, 0.1) is 17.7 Å². The first-order valence-corrected chi connectivity index (χ1v) is 9.92. The number of alkyl halides is 3. The number of carbonyl (C=O) groups excluding carboxylic acids is 1. The van der Waals surface area contributed by atoms with Gasteiger partial charge in [-0.15, -0.1) is 0 Å². The third-order valence-electron chi connectivity index (χ3n) is 5.61. The zero-order valence-electron chi connectivity index (χ0n) is 16.3. The highest BCUT2D eigenvalue weighted by molar-refractivity contribution is 5.86. The number of benzene rings is 2. The van der Waals surface area contributed by atoms with Crippen LogP contribution in [0.1, 0.15) is 51.0 Å². The Morgan fingerprint density at radius 3 is 2.52 bits per heavy atom. The van der Waals surface area contributed by atoms with Crippen molar-refractivity contribution in [2.24, 2.45) is 11.8 Å². The van der Waals surface area contributed by atoms with Crippen LogP contribution in [-0.4, -0.2) is 5.97 Å². The lowest BCUT2D eigenvalue weighted by Crippen LogP contribution is -2.25. The van der Waals surface area contributed by atoms with Crippen LogP contribution in [0.25, 0.3) is 10.8 Å². The minimum Gasteiger partial charge on any atom is -0.426 e. The summed E-state index contributed by atoms with van der Waals surface area (Å²) in [6.07, 6.45) is 5.15. The fourth-order valence-corrected chi connectivity index (χ4v) is 3.94. The molecule has 0 heterocycles. The molecule has 0 saturated heterocycles. The summed E-state index contributed by atoms with van der Waals surface area (Å²) < 4.78 is 58.1. The summed E-state index contributed by atoms with van der Waals surface area (Å²) in [6, 6.07) is 5.86. The largest absolute Gasteiger partial charge is 0.426 e. The summed E-state index contributed by atoms with van der Waals surface area (Å²) in [7, 11) is 0. The molecule has 0 radical (unpaired) electrons. The fourth-order valence-electron chi connectivity index (χ4n) is 3.94. The molecule has 6 heteroatoms. The minimum atomic E-state index is -4.75. The molecule has 0 aromatic heterocycles. The van der Waals surface area contributed by atoms with Crippen molar-refractivity contribution < 1.29 is 27.1 Å². The molecule has 0 bridgehead atoms. The first kappa shape index (κ1) is 21.3. The maximum Gasteiger partial charge on any atom is 0.419 e. The predicted octanol–water partition coefficient (Wildman–Crippen LogP) is 7.07. The summed E-state index contributed by atoms with van der Waals surface area (Å²) in [4.78, 5) is 12.5. The summed E-state index contributed by atoms with van der Waals surface area (Å²) in [5, 5.41) is 0.106. The lowest BCUT2D eigenvalue weighted by Gasteiger charge is -2.27. The van der Waals surface area contributed by atoms with Gasteiger partial charge in [-0.1, -0.05) is 18.2 Å². The van der Waals surface area contributed by atoms with Crippen LogP contribution in [0.15, 0.2) is 42.5 Å². The van der Waals surface area contributed by atoms with Crippen LogP contribution in [-0.2, 0) is 11.0 Å². The Bertz CT molecular complexity index is 894. The SMILES string of the molecule is C/C=C/CCC1CCC(C(=O)Oc2ccc3c(F)c(C(F)(F)F)ccc3c2)CC1.